The van der Waals surface area contributed by atoms with E-state index in [0.717, 1.165) is 44.3 Å². The van der Waals surface area contributed by atoms with E-state index in [-0.39, 0.29) is 30.5 Å². The quantitative estimate of drug-likeness (QED) is 0.712. The molecule has 1 atom stereocenters. The molecule has 1 fully saturated rings. The summed E-state index contributed by atoms with van der Waals surface area (Å²) in [5, 5.41) is 19.0. The first-order valence-corrected chi connectivity index (χ1v) is 8.34. The first-order valence-electron chi connectivity index (χ1n) is 8.34. The molecule has 0 bridgehead atoms. The van der Waals surface area contributed by atoms with Crippen LogP contribution >= 0.6 is 0 Å². The van der Waals surface area contributed by atoms with Crippen LogP contribution in [0.4, 0.5) is 0 Å². The average Bonchev–Trinajstić information content (AvgIpc) is 2.95. The first-order chi connectivity index (χ1) is 11.1. The van der Waals surface area contributed by atoms with Crippen LogP contribution in [-0.2, 0) is 22.4 Å². The molecule has 2 aliphatic carbocycles. The highest BCUT2D eigenvalue weighted by Crippen LogP contribution is 2.28. The molecule has 1 heterocycles. The molecule has 1 aromatic heterocycles. The fraction of sp³-hybridized carbons (Fsp3) is 0.688. The van der Waals surface area contributed by atoms with Crippen LogP contribution in [0.3, 0.4) is 0 Å². The van der Waals surface area contributed by atoms with Gasteiger partial charge < -0.3 is 10.4 Å². The van der Waals surface area contributed by atoms with Crippen LogP contribution in [0, 0.1) is 5.92 Å². The number of aryl methyl sites for hydroxylation is 1. The average molecular weight is 320 g/mol. The number of amides is 1. The molecule has 3 rings (SSSR count). The summed E-state index contributed by atoms with van der Waals surface area (Å²) < 4.78 is 0. The highest BCUT2D eigenvalue weighted by atomic mass is 16.4. The number of rotatable bonds is 6. The Morgan fingerprint density at radius 3 is 2.96 bits per heavy atom. The summed E-state index contributed by atoms with van der Waals surface area (Å²) in [6.45, 7) is 2.77. The number of aromatic amines is 1. The second-order valence-electron chi connectivity index (χ2n) is 6.60. The molecule has 7 heteroatoms. The Hall–Kier alpha value is -1.89. The number of nitrogens with one attached hydrogen (secondary N) is 2. The van der Waals surface area contributed by atoms with Crippen molar-refractivity contribution in [3.63, 3.8) is 0 Å². The summed E-state index contributed by atoms with van der Waals surface area (Å²) in [7, 11) is 0. The molecule has 0 radical (unpaired) electrons. The Morgan fingerprint density at radius 2 is 2.26 bits per heavy atom. The van der Waals surface area contributed by atoms with Crippen molar-refractivity contribution in [2.75, 3.05) is 13.1 Å². The predicted octanol–water partition coefficient (Wildman–Crippen LogP) is 0.568. The van der Waals surface area contributed by atoms with Gasteiger partial charge in [0.1, 0.15) is 0 Å². The summed E-state index contributed by atoms with van der Waals surface area (Å²) >= 11 is 0. The summed E-state index contributed by atoms with van der Waals surface area (Å²) in [5.74, 6) is -0.657. The summed E-state index contributed by atoms with van der Waals surface area (Å²) in [6, 6.07) is 0.450. The van der Waals surface area contributed by atoms with E-state index in [1.54, 1.807) is 0 Å². The van der Waals surface area contributed by atoms with Gasteiger partial charge in [0.05, 0.1) is 12.7 Å². The smallest absolute Gasteiger partial charge is 0.317 e. The Morgan fingerprint density at radius 1 is 1.48 bits per heavy atom. The molecule has 0 aliphatic heterocycles. The number of likely N-dealkylation sites (N-methyl/N-ethyl adjacent to an activating group) is 1. The van der Waals surface area contributed by atoms with Gasteiger partial charge in [0.15, 0.2) is 0 Å². The van der Waals surface area contributed by atoms with E-state index in [0.29, 0.717) is 0 Å². The Kier molecular flexibility index (Phi) is 4.66. The van der Waals surface area contributed by atoms with Crippen molar-refractivity contribution in [2.24, 2.45) is 5.92 Å². The molecule has 1 amide bonds. The number of fused-ring (bicyclic) bond motifs is 1. The van der Waals surface area contributed by atoms with Crippen molar-refractivity contribution in [3.8, 4) is 0 Å². The molecule has 3 N–H and O–H groups in total. The topological polar surface area (TPSA) is 98.3 Å². The van der Waals surface area contributed by atoms with Gasteiger partial charge >= 0.3 is 5.97 Å². The van der Waals surface area contributed by atoms with Crippen LogP contribution < -0.4 is 5.32 Å². The third-order valence-electron chi connectivity index (χ3n) is 5.11. The van der Waals surface area contributed by atoms with Gasteiger partial charge in [-0.25, -0.2) is 0 Å². The molecule has 0 aromatic carbocycles. The molecule has 7 nitrogen and oxygen atoms in total. The van der Waals surface area contributed by atoms with Gasteiger partial charge in [0, 0.05) is 30.1 Å². The van der Waals surface area contributed by atoms with Crippen LogP contribution in [0.2, 0.25) is 0 Å². The molecule has 1 saturated carbocycles. The van der Waals surface area contributed by atoms with Crippen molar-refractivity contribution >= 4 is 11.9 Å². The molecule has 2 aliphatic rings. The number of carbonyl (C=O) groups excluding carboxylic acids is 1. The zero-order valence-corrected chi connectivity index (χ0v) is 13.4. The molecule has 126 valence electrons. The minimum atomic E-state index is -0.795. The summed E-state index contributed by atoms with van der Waals surface area (Å²) in [4.78, 5) is 25.2. The Balaban J connectivity index is 1.45. The molecule has 0 saturated heterocycles. The number of carbonyl (C=O) groups is 2. The lowest BCUT2D eigenvalue weighted by molar-refractivity contribution is -0.140. The molecular weight excluding hydrogens is 296 g/mol. The number of aliphatic carboxylic acids is 1. The lowest BCUT2D eigenvalue weighted by Crippen LogP contribution is -2.55. The maximum atomic E-state index is 12.4. The number of carboxylic acid groups (broad SMARTS) is 1. The van der Waals surface area contributed by atoms with Crippen molar-refractivity contribution in [2.45, 2.75) is 51.1 Å². The Labute approximate surface area is 135 Å². The molecule has 1 unspecified atom stereocenters. The zero-order valence-electron chi connectivity index (χ0n) is 13.4. The van der Waals surface area contributed by atoms with E-state index in [9.17, 15) is 9.59 Å². The lowest BCUT2D eigenvalue weighted by atomic mass is 9.83. The van der Waals surface area contributed by atoms with Crippen molar-refractivity contribution in [3.05, 3.63) is 17.5 Å². The van der Waals surface area contributed by atoms with Crippen LogP contribution in [0.5, 0.6) is 0 Å². The van der Waals surface area contributed by atoms with E-state index >= 15 is 0 Å². The standard InChI is InChI=1S/C16H24N4O3/c1-2-20(9-15(21)22)13-6-12(7-13)18-16(23)10-3-4-11-8-17-19-14(11)5-10/h8,10,12-13H,2-7,9H2,1H3,(H,17,19)(H,18,23)(H,21,22). The second kappa shape index (κ2) is 6.70. The predicted molar refractivity (Wildman–Crippen MR) is 83.9 cm³/mol. The van der Waals surface area contributed by atoms with Gasteiger partial charge in [-0.15, -0.1) is 0 Å². The highest BCUT2D eigenvalue weighted by molar-refractivity contribution is 5.79. The van der Waals surface area contributed by atoms with Crippen LogP contribution in [0.25, 0.3) is 0 Å². The van der Waals surface area contributed by atoms with Gasteiger partial charge in [0.25, 0.3) is 0 Å². The monoisotopic (exact) mass is 320 g/mol. The third kappa shape index (κ3) is 3.55. The maximum Gasteiger partial charge on any atom is 0.317 e. The SMILES string of the molecule is CCN(CC(=O)O)C1CC(NC(=O)C2CCc3cn[nH]c3C2)C1. The number of aromatic nitrogens is 2. The van der Waals surface area contributed by atoms with Crippen LogP contribution in [0.15, 0.2) is 6.20 Å². The number of H-pyrrole nitrogens is 1. The molecule has 0 spiro atoms. The largest absolute Gasteiger partial charge is 0.480 e. The van der Waals surface area contributed by atoms with E-state index < -0.39 is 5.97 Å². The summed E-state index contributed by atoms with van der Waals surface area (Å²) in [6.07, 6.45) is 6.04. The van der Waals surface area contributed by atoms with Gasteiger partial charge in [0.2, 0.25) is 5.91 Å². The van der Waals surface area contributed by atoms with Crippen LogP contribution in [-0.4, -0.2) is 57.3 Å². The minimum Gasteiger partial charge on any atom is -0.480 e. The fourth-order valence-electron chi connectivity index (χ4n) is 3.63. The molecule has 1 aromatic rings. The van der Waals surface area contributed by atoms with Gasteiger partial charge in [-0.3, -0.25) is 19.6 Å². The van der Waals surface area contributed by atoms with Gasteiger partial charge in [-0.05, 0) is 37.8 Å². The number of hydrogen-bond donors (Lipinski definition) is 3. The van der Waals surface area contributed by atoms with Crippen molar-refractivity contribution < 1.29 is 14.7 Å². The molecular formula is C16H24N4O3. The van der Waals surface area contributed by atoms with Crippen molar-refractivity contribution in [1.29, 1.82) is 0 Å². The minimum absolute atomic E-state index is 0.0169. The van der Waals surface area contributed by atoms with E-state index in [1.165, 1.54) is 5.56 Å². The van der Waals surface area contributed by atoms with E-state index in [1.807, 2.05) is 18.0 Å². The van der Waals surface area contributed by atoms with E-state index in [2.05, 4.69) is 15.5 Å². The van der Waals surface area contributed by atoms with Crippen LogP contribution in [0.1, 0.15) is 37.4 Å². The zero-order chi connectivity index (χ0) is 16.4. The Bertz CT molecular complexity index is 580. The number of hydrogen-bond acceptors (Lipinski definition) is 4. The third-order valence-corrected chi connectivity index (χ3v) is 5.11. The number of nitrogens with zero attached hydrogens (tertiary/aromatic N) is 2. The fourth-order valence-corrected chi connectivity index (χ4v) is 3.63. The highest BCUT2D eigenvalue weighted by Gasteiger charge is 2.36. The van der Waals surface area contributed by atoms with Crippen molar-refractivity contribution in [1.82, 2.24) is 20.4 Å². The molecule has 23 heavy (non-hydrogen) atoms. The first kappa shape index (κ1) is 16.0. The van der Waals surface area contributed by atoms with Gasteiger partial charge in [-0.1, -0.05) is 6.92 Å². The second-order valence-corrected chi connectivity index (χ2v) is 6.60. The lowest BCUT2D eigenvalue weighted by Gasteiger charge is -2.42. The normalized spacial score (nSPS) is 26.4. The number of carboxylic acids is 1. The maximum absolute atomic E-state index is 12.4. The van der Waals surface area contributed by atoms with E-state index in [4.69, 9.17) is 5.11 Å². The summed E-state index contributed by atoms with van der Waals surface area (Å²) in [5.41, 5.74) is 2.31. The van der Waals surface area contributed by atoms with Gasteiger partial charge in [-0.2, -0.15) is 5.10 Å².